The molecule has 0 radical (unpaired) electrons. The van der Waals surface area contributed by atoms with Crippen molar-refractivity contribution in [1.82, 2.24) is 4.57 Å². The van der Waals surface area contributed by atoms with Gasteiger partial charge in [-0.2, -0.15) is 0 Å². The third-order valence-corrected chi connectivity index (χ3v) is 7.43. The summed E-state index contributed by atoms with van der Waals surface area (Å²) in [5.74, 6) is 0. The zero-order valence-electron chi connectivity index (χ0n) is 21.3. The molecule has 7 rings (SSSR count). The molecule has 0 unspecified atom stereocenters. The maximum Gasteiger partial charge on any atom is 0.263 e. The fourth-order valence-electron chi connectivity index (χ4n) is 5.44. The number of fused-ring (bicyclic) bond motifs is 3. The molecule has 0 fully saturated rings. The predicted octanol–water partition coefficient (Wildman–Crippen LogP) is 9.14. The van der Waals surface area contributed by atoms with Crippen LogP contribution in [0, 0.1) is 0 Å². The molecule has 0 spiro atoms. The number of rotatable bonds is 4. The van der Waals surface area contributed by atoms with Gasteiger partial charge in [0.05, 0.1) is 5.52 Å². The molecule has 0 bridgehead atoms. The molecule has 2 nitrogen and oxygen atoms in total. The third-order valence-electron chi connectivity index (χ3n) is 7.43. The van der Waals surface area contributed by atoms with Gasteiger partial charge in [0.15, 0.2) is 0 Å². The lowest BCUT2D eigenvalue weighted by molar-refractivity contribution is 1.06. The van der Waals surface area contributed by atoms with Crippen LogP contribution in [-0.2, 0) is 0 Å². The lowest BCUT2D eigenvalue weighted by Crippen LogP contribution is -2.19. The van der Waals surface area contributed by atoms with E-state index >= 15 is 0 Å². The Labute approximate surface area is 227 Å². The first-order chi connectivity index (χ1) is 19.3. The van der Waals surface area contributed by atoms with Crippen molar-refractivity contribution in [3.8, 4) is 39.1 Å². The highest BCUT2D eigenvalue weighted by atomic mass is 16.1. The van der Waals surface area contributed by atoms with Crippen LogP contribution >= 0.6 is 0 Å². The van der Waals surface area contributed by atoms with Crippen molar-refractivity contribution >= 4 is 21.7 Å². The Bertz CT molecular complexity index is 1990. The highest BCUT2D eigenvalue weighted by Gasteiger charge is 2.15. The fraction of sp³-hybridized carbons (Fsp3) is 0. The first kappa shape index (κ1) is 22.9. The molecule has 39 heavy (non-hydrogen) atoms. The van der Waals surface area contributed by atoms with E-state index in [0.29, 0.717) is 5.39 Å². The van der Waals surface area contributed by atoms with Gasteiger partial charge in [0.2, 0.25) is 0 Å². The SMILES string of the molecule is O=c1c2cc(-c3ccccc3)ccc2c2cc(-c3ccccc3)ccc2n1-c1ccc(-c2ccccc2)cc1. The lowest BCUT2D eigenvalue weighted by Gasteiger charge is -2.16. The summed E-state index contributed by atoms with van der Waals surface area (Å²) < 4.78 is 1.86. The Morgan fingerprint density at radius 3 is 1.36 bits per heavy atom. The Hall–Kier alpha value is -5.21. The zero-order valence-corrected chi connectivity index (χ0v) is 21.3. The highest BCUT2D eigenvalue weighted by molar-refractivity contribution is 6.08. The van der Waals surface area contributed by atoms with Gasteiger partial charge in [-0.15, -0.1) is 0 Å². The number of pyridine rings is 1. The van der Waals surface area contributed by atoms with E-state index in [1.807, 2.05) is 65.2 Å². The van der Waals surface area contributed by atoms with Crippen LogP contribution in [0.5, 0.6) is 0 Å². The van der Waals surface area contributed by atoms with Gasteiger partial charge < -0.3 is 0 Å². The van der Waals surface area contributed by atoms with E-state index in [1.54, 1.807) is 0 Å². The molecule has 0 N–H and O–H groups in total. The van der Waals surface area contributed by atoms with Crippen LogP contribution < -0.4 is 5.56 Å². The largest absolute Gasteiger partial charge is 0.276 e. The van der Waals surface area contributed by atoms with Gasteiger partial charge in [-0.1, -0.05) is 121 Å². The summed E-state index contributed by atoms with van der Waals surface area (Å²) in [6, 6.07) is 51.8. The van der Waals surface area contributed by atoms with E-state index in [9.17, 15) is 4.79 Å². The van der Waals surface area contributed by atoms with Crippen molar-refractivity contribution in [3.05, 3.63) is 162 Å². The topological polar surface area (TPSA) is 22.0 Å². The number of hydrogen-bond donors (Lipinski definition) is 0. The van der Waals surface area contributed by atoms with Crippen molar-refractivity contribution < 1.29 is 0 Å². The summed E-state index contributed by atoms with van der Waals surface area (Å²) in [6.07, 6.45) is 0. The molecule has 0 saturated heterocycles. The second-order valence-corrected chi connectivity index (χ2v) is 9.78. The summed E-state index contributed by atoms with van der Waals surface area (Å²) in [5, 5.41) is 2.73. The molecule has 6 aromatic carbocycles. The molecule has 0 saturated carbocycles. The molecule has 0 aliphatic rings. The molecular weight excluding hydrogens is 474 g/mol. The Balaban J connectivity index is 1.49. The highest BCUT2D eigenvalue weighted by Crippen LogP contribution is 2.32. The molecule has 7 aromatic rings. The number of nitrogens with zero attached hydrogens (tertiary/aromatic N) is 1. The predicted molar refractivity (Wildman–Crippen MR) is 163 cm³/mol. The van der Waals surface area contributed by atoms with Crippen LogP contribution in [0.4, 0.5) is 0 Å². The van der Waals surface area contributed by atoms with E-state index in [0.717, 1.165) is 55.4 Å². The smallest absolute Gasteiger partial charge is 0.263 e. The molecule has 1 heterocycles. The van der Waals surface area contributed by atoms with Gasteiger partial charge in [0.25, 0.3) is 5.56 Å². The average molecular weight is 500 g/mol. The van der Waals surface area contributed by atoms with Crippen molar-refractivity contribution in [2.45, 2.75) is 0 Å². The number of hydrogen-bond acceptors (Lipinski definition) is 1. The lowest BCUT2D eigenvalue weighted by atomic mass is 9.97. The van der Waals surface area contributed by atoms with Crippen LogP contribution in [0.25, 0.3) is 60.7 Å². The maximum atomic E-state index is 14.2. The molecule has 0 aliphatic carbocycles. The normalized spacial score (nSPS) is 11.2. The molecule has 2 heteroatoms. The van der Waals surface area contributed by atoms with Gasteiger partial charge in [-0.25, -0.2) is 0 Å². The monoisotopic (exact) mass is 499 g/mol. The van der Waals surface area contributed by atoms with Crippen LogP contribution in [0.1, 0.15) is 0 Å². The van der Waals surface area contributed by atoms with Crippen LogP contribution in [0.2, 0.25) is 0 Å². The minimum atomic E-state index is -0.0183. The average Bonchev–Trinajstić information content (AvgIpc) is 3.02. The van der Waals surface area contributed by atoms with Gasteiger partial charge in [0.1, 0.15) is 0 Å². The summed E-state index contributed by atoms with van der Waals surface area (Å²) >= 11 is 0. The number of benzene rings is 6. The summed E-state index contributed by atoms with van der Waals surface area (Å²) in [4.78, 5) is 14.2. The summed E-state index contributed by atoms with van der Waals surface area (Å²) in [5.41, 5.74) is 8.40. The first-order valence-electron chi connectivity index (χ1n) is 13.2. The van der Waals surface area contributed by atoms with E-state index in [2.05, 4.69) is 91.0 Å². The van der Waals surface area contributed by atoms with E-state index in [4.69, 9.17) is 0 Å². The zero-order chi connectivity index (χ0) is 26.2. The molecule has 0 aliphatic heterocycles. The molecule has 1 aromatic heterocycles. The standard InChI is InChI=1S/C37H25NO/c39-37-35-25-30(27-12-6-2-7-13-27)18-22-33(35)34-24-31(28-14-8-3-9-15-28)19-23-36(34)38(37)32-20-16-29(17-21-32)26-10-4-1-5-11-26/h1-25H. The van der Waals surface area contributed by atoms with Gasteiger partial charge in [0, 0.05) is 16.5 Å². The van der Waals surface area contributed by atoms with E-state index in [1.165, 1.54) is 0 Å². The Kier molecular flexibility index (Phi) is 5.64. The minimum absolute atomic E-state index is 0.0183. The van der Waals surface area contributed by atoms with Crippen molar-refractivity contribution in [1.29, 1.82) is 0 Å². The van der Waals surface area contributed by atoms with Gasteiger partial charge in [-0.05, 0) is 69.1 Å². The summed E-state index contributed by atoms with van der Waals surface area (Å²) in [6.45, 7) is 0. The molecule has 0 atom stereocenters. The maximum absolute atomic E-state index is 14.2. The van der Waals surface area contributed by atoms with E-state index in [-0.39, 0.29) is 5.56 Å². The van der Waals surface area contributed by atoms with Crippen molar-refractivity contribution in [2.24, 2.45) is 0 Å². The Morgan fingerprint density at radius 1 is 0.359 bits per heavy atom. The molecule has 0 amide bonds. The van der Waals surface area contributed by atoms with Gasteiger partial charge >= 0.3 is 0 Å². The van der Waals surface area contributed by atoms with Crippen LogP contribution in [-0.4, -0.2) is 4.57 Å². The van der Waals surface area contributed by atoms with Crippen molar-refractivity contribution in [2.75, 3.05) is 0 Å². The quantitative estimate of drug-likeness (QED) is 0.221. The fourth-order valence-corrected chi connectivity index (χ4v) is 5.44. The van der Waals surface area contributed by atoms with E-state index < -0.39 is 0 Å². The number of aromatic nitrogens is 1. The second kappa shape index (κ2) is 9.59. The summed E-state index contributed by atoms with van der Waals surface area (Å²) in [7, 11) is 0. The Morgan fingerprint density at radius 2 is 0.795 bits per heavy atom. The van der Waals surface area contributed by atoms with Gasteiger partial charge in [-0.3, -0.25) is 9.36 Å². The second-order valence-electron chi connectivity index (χ2n) is 9.78. The van der Waals surface area contributed by atoms with Crippen molar-refractivity contribution in [3.63, 3.8) is 0 Å². The molecular formula is C37H25NO. The molecule has 184 valence electrons. The van der Waals surface area contributed by atoms with Crippen LogP contribution in [0.3, 0.4) is 0 Å². The minimum Gasteiger partial charge on any atom is -0.276 e. The third kappa shape index (κ3) is 4.13. The first-order valence-corrected chi connectivity index (χ1v) is 13.2. The van der Waals surface area contributed by atoms with Crippen LogP contribution in [0.15, 0.2) is 156 Å².